The Morgan fingerprint density at radius 2 is 1.14 bits per heavy atom. The van der Waals surface area contributed by atoms with Crippen molar-refractivity contribution in [1.82, 2.24) is 9.97 Å². The zero-order chi connectivity index (χ0) is 27.2. The Bertz CT molecular complexity index is 1320. The van der Waals surface area contributed by atoms with Gasteiger partial charge in [-0.15, -0.1) is 0 Å². The number of aromatic carboxylic acids is 1. The molecular formula is C28H26N4O5. The average Bonchev–Trinajstić information content (AvgIpc) is 2.91. The van der Waals surface area contributed by atoms with Gasteiger partial charge in [-0.2, -0.15) is 0 Å². The van der Waals surface area contributed by atoms with Crippen LogP contribution < -0.4 is 11.1 Å². The number of hydrogen-bond donors (Lipinski definition) is 3. The fourth-order valence-electron chi connectivity index (χ4n) is 2.70. The number of carbonyl (C=O) groups is 4. The Balaban J connectivity index is 0.000000214. The third-order valence-electron chi connectivity index (χ3n) is 4.70. The van der Waals surface area contributed by atoms with Crippen LogP contribution in [-0.4, -0.2) is 38.5 Å². The number of rotatable bonds is 5. The van der Waals surface area contributed by atoms with Crippen LogP contribution in [0.5, 0.6) is 0 Å². The van der Waals surface area contributed by atoms with Gasteiger partial charge in [0.15, 0.2) is 11.6 Å². The van der Waals surface area contributed by atoms with Gasteiger partial charge < -0.3 is 16.2 Å². The number of benzene rings is 2. The molecule has 4 rings (SSSR count). The fourth-order valence-corrected chi connectivity index (χ4v) is 2.70. The summed E-state index contributed by atoms with van der Waals surface area (Å²) < 4.78 is 0. The van der Waals surface area contributed by atoms with E-state index >= 15 is 0 Å². The normalized spacial score (nSPS) is 9.46. The zero-order valence-electron chi connectivity index (χ0n) is 20.3. The van der Waals surface area contributed by atoms with E-state index in [1.165, 1.54) is 38.5 Å². The van der Waals surface area contributed by atoms with Crippen LogP contribution >= 0.6 is 0 Å². The Morgan fingerprint density at radius 1 is 0.676 bits per heavy atom. The molecule has 0 aliphatic carbocycles. The number of amides is 1. The lowest BCUT2D eigenvalue weighted by Gasteiger charge is -2.05. The van der Waals surface area contributed by atoms with Crippen molar-refractivity contribution in [1.29, 1.82) is 0 Å². The number of nitrogens with one attached hydrogen (secondary N) is 1. The molecule has 9 nitrogen and oxygen atoms in total. The SMILES string of the molecule is CC(=O)c1ccc(N)cc1.CC(=O)c1ccc(NC(=O)c2cccnc2)cc1.O=C(O)c1cccnc1. The molecular weight excluding hydrogens is 472 g/mol. The smallest absolute Gasteiger partial charge is 0.337 e. The van der Waals surface area contributed by atoms with Gasteiger partial charge in [0.25, 0.3) is 5.91 Å². The first-order valence-corrected chi connectivity index (χ1v) is 11.0. The van der Waals surface area contributed by atoms with Crippen LogP contribution in [0.1, 0.15) is 55.3 Å². The summed E-state index contributed by atoms with van der Waals surface area (Å²) in [7, 11) is 0. The second-order valence-corrected chi connectivity index (χ2v) is 7.55. The summed E-state index contributed by atoms with van der Waals surface area (Å²) in [6, 6.07) is 20.1. The maximum absolute atomic E-state index is 11.8. The number of hydrogen-bond acceptors (Lipinski definition) is 7. The van der Waals surface area contributed by atoms with Crippen molar-refractivity contribution in [2.24, 2.45) is 0 Å². The number of aromatic nitrogens is 2. The molecule has 0 atom stereocenters. The molecule has 0 saturated heterocycles. The highest BCUT2D eigenvalue weighted by molar-refractivity contribution is 6.04. The summed E-state index contributed by atoms with van der Waals surface area (Å²) in [6.07, 6.45) is 5.95. The molecule has 0 aliphatic heterocycles. The summed E-state index contributed by atoms with van der Waals surface area (Å²) in [6.45, 7) is 3.04. The Labute approximate surface area is 214 Å². The van der Waals surface area contributed by atoms with Crippen molar-refractivity contribution in [3.63, 3.8) is 0 Å². The lowest BCUT2D eigenvalue weighted by Crippen LogP contribution is -2.12. The molecule has 0 aliphatic rings. The number of nitrogen functional groups attached to an aromatic ring is 1. The van der Waals surface area contributed by atoms with Gasteiger partial charge in [-0.05, 0) is 86.6 Å². The van der Waals surface area contributed by atoms with E-state index in [0.29, 0.717) is 28.1 Å². The van der Waals surface area contributed by atoms with Crippen LogP contribution in [0.4, 0.5) is 11.4 Å². The van der Waals surface area contributed by atoms with Crippen LogP contribution in [0.25, 0.3) is 0 Å². The zero-order valence-corrected chi connectivity index (χ0v) is 20.3. The van der Waals surface area contributed by atoms with Crippen molar-refractivity contribution in [2.45, 2.75) is 13.8 Å². The Hall–Kier alpha value is -5.18. The molecule has 0 spiro atoms. The van der Waals surface area contributed by atoms with Gasteiger partial charge in [0.05, 0.1) is 11.1 Å². The van der Waals surface area contributed by atoms with Crippen molar-refractivity contribution in [2.75, 3.05) is 11.1 Å². The molecule has 37 heavy (non-hydrogen) atoms. The molecule has 0 fully saturated rings. The van der Waals surface area contributed by atoms with Crippen molar-refractivity contribution >= 4 is 34.8 Å². The summed E-state index contributed by atoms with van der Waals surface area (Å²) in [5.41, 5.74) is 8.78. The quantitative estimate of drug-likeness (QED) is 0.262. The number of ketones is 2. The minimum atomic E-state index is -0.942. The minimum Gasteiger partial charge on any atom is -0.478 e. The second kappa shape index (κ2) is 14.3. The lowest BCUT2D eigenvalue weighted by atomic mass is 10.1. The highest BCUT2D eigenvalue weighted by Crippen LogP contribution is 2.11. The lowest BCUT2D eigenvalue weighted by molar-refractivity contribution is 0.0695. The molecule has 0 radical (unpaired) electrons. The highest BCUT2D eigenvalue weighted by atomic mass is 16.4. The van der Waals surface area contributed by atoms with E-state index in [4.69, 9.17) is 10.8 Å². The van der Waals surface area contributed by atoms with E-state index in [1.807, 2.05) is 0 Å². The number of nitrogens with two attached hydrogens (primary N) is 1. The maximum Gasteiger partial charge on any atom is 0.337 e. The van der Waals surface area contributed by atoms with Crippen LogP contribution in [0.15, 0.2) is 97.6 Å². The molecule has 0 bridgehead atoms. The van der Waals surface area contributed by atoms with E-state index in [1.54, 1.807) is 72.9 Å². The second-order valence-electron chi connectivity index (χ2n) is 7.55. The van der Waals surface area contributed by atoms with Crippen LogP contribution in [-0.2, 0) is 0 Å². The van der Waals surface area contributed by atoms with E-state index < -0.39 is 5.97 Å². The van der Waals surface area contributed by atoms with E-state index in [0.717, 1.165) is 0 Å². The van der Waals surface area contributed by atoms with Gasteiger partial charge in [-0.3, -0.25) is 24.4 Å². The van der Waals surface area contributed by atoms with Gasteiger partial charge in [-0.25, -0.2) is 4.79 Å². The largest absolute Gasteiger partial charge is 0.478 e. The highest BCUT2D eigenvalue weighted by Gasteiger charge is 2.06. The van der Waals surface area contributed by atoms with Crippen molar-refractivity contribution in [3.8, 4) is 0 Å². The monoisotopic (exact) mass is 498 g/mol. The summed E-state index contributed by atoms with van der Waals surface area (Å²) in [5.74, 6) is -1.10. The van der Waals surface area contributed by atoms with Gasteiger partial charge in [0.1, 0.15) is 0 Å². The predicted molar refractivity (Wildman–Crippen MR) is 141 cm³/mol. The minimum absolute atomic E-state index is 0.000126. The fraction of sp³-hybridized carbons (Fsp3) is 0.0714. The number of pyridine rings is 2. The molecule has 4 aromatic rings. The molecule has 0 saturated carbocycles. The number of carboxylic acids is 1. The third-order valence-corrected chi connectivity index (χ3v) is 4.70. The van der Waals surface area contributed by atoms with Gasteiger partial charge in [0.2, 0.25) is 0 Å². The van der Waals surface area contributed by atoms with E-state index in [9.17, 15) is 19.2 Å². The molecule has 188 valence electrons. The summed E-state index contributed by atoms with van der Waals surface area (Å²) >= 11 is 0. The molecule has 4 N–H and O–H groups in total. The van der Waals surface area contributed by atoms with E-state index in [-0.39, 0.29) is 23.0 Å². The van der Waals surface area contributed by atoms with E-state index in [2.05, 4.69) is 15.3 Å². The van der Waals surface area contributed by atoms with Gasteiger partial charge >= 0.3 is 5.97 Å². The Morgan fingerprint density at radius 3 is 1.51 bits per heavy atom. The average molecular weight is 499 g/mol. The number of Topliss-reactive ketones (excluding diaryl/α,β-unsaturated/α-hetero) is 2. The van der Waals surface area contributed by atoms with Crippen molar-refractivity contribution in [3.05, 3.63) is 120 Å². The van der Waals surface area contributed by atoms with Crippen LogP contribution in [0.2, 0.25) is 0 Å². The summed E-state index contributed by atoms with van der Waals surface area (Å²) in [4.78, 5) is 51.3. The number of nitrogens with zero attached hydrogens (tertiary/aromatic N) is 2. The molecule has 2 aromatic carbocycles. The molecule has 0 unspecified atom stereocenters. The molecule has 9 heteroatoms. The topological polar surface area (TPSA) is 152 Å². The number of carbonyl (C=O) groups excluding carboxylic acids is 3. The predicted octanol–water partition coefficient (Wildman–Crippen LogP) is 4.79. The van der Waals surface area contributed by atoms with Crippen LogP contribution in [0.3, 0.4) is 0 Å². The van der Waals surface area contributed by atoms with Crippen molar-refractivity contribution < 1.29 is 24.3 Å². The van der Waals surface area contributed by atoms with Crippen LogP contribution in [0, 0.1) is 0 Å². The maximum atomic E-state index is 11.8. The first-order valence-electron chi connectivity index (χ1n) is 11.0. The number of anilines is 2. The van der Waals surface area contributed by atoms with Gasteiger partial charge in [-0.1, -0.05) is 0 Å². The standard InChI is InChI=1S/C14H12N2O2.C8H9NO.C6H5NO2/c1-10(17)11-4-6-13(7-5-11)16-14(18)12-3-2-8-15-9-12;1-6(10)7-2-4-8(9)5-3-7;8-6(9)5-2-1-3-7-4-5/h2-9H,1H3,(H,16,18);2-5H,9H2,1H3;1-4H,(H,8,9). The first-order chi connectivity index (χ1) is 17.7. The molecule has 2 aromatic heterocycles. The number of carboxylic acid groups (broad SMARTS) is 1. The first kappa shape index (κ1) is 28.1. The molecule has 2 heterocycles. The third kappa shape index (κ3) is 9.91. The summed E-state index contributed by atoms with van der Waals surface area (Å²) in [5, 5.41) is 11.1. The Kier molecular flexibility index (Phi) is 10.8. The van der Waals surface area contributed by atoms with Gasteiger partial charge in [0, 0.05) is 47.3 Å². The molecule has 1 amide bonds.